The molecule has 0 unspecified atom stereocenters. The molecular weight excluding hydrogens is 597 g/mol. The molecule has 4 nitrogen and oxygen atoms in total. The Morgan fingerprint density at radius 1 is 0.347 bits per heavy atom. The number of aryl methyl sites for hydroxylation is 1. The van der Waals surface area contributed by atoms with Crippen molar-refractivity contribution in [1.29, 1.82) is 0 Å². The van der Waals surface area contributed by atoms with Gasteiger partial charge in [-0.25, -0.2) is 0 Å². The number of hydrogen-bond donors (Lipinski definition) is 0. The molecule has 0 aliphatic rings. The summed E-state index contributed by atoms with van der Waals surface area (Å²) < 4.78 is 0. The molecule has 0 aliphatic carbocycles. The third-order valence-corrected chi connectivity index (χ3v) is 8.13. The molecule has 0 radical (unpaired) electrons. The lowest BCUT2D eigenvalue weighted by molar-refractivity contribution is 1.20. The molecule has 49 heavy (non-hydrogen) atoms. The molecule has 0 saturated carbocycles. The first-order valence-corrected chi connectivity index (χ1v) is 16.3. The lowest BCUT2D eigenvalue weighted by Crippen LogP contribution is -1.86. The van der Waals surface area contributed by atoms with Crippen molar-refractivity contribution >= 4 is 36.5 Å². The van der Waals surface area contributed by atoms with E-state index >= 15 is 0 Å². The van der Waals surface area contributed by atoms with Crippen molar-refractivity contribution in [2.24, 2.45) is 0 Å². The fourth-order valence-electron chi connectivity index (χ4n) is 5.44. The van der Waals surface area contributed by atoms with E-state index in [9.17, 15) is 0 Å². The van der Waals surface area contributed by atoms with Crippen LogP contribution in [-0.2, 0) is 0 Å². The molecule has 4 aromatic heterocycles. The van der Waals surface area contributed by atoms with E-state index in [-0.39, 0.29) is 0 Å². The Morgan fingerprint density at radius 3 is 1.24 bits per heavy atom. The standard InChI is InChI=1S/C45H34N4/c1-33-12-20-41(31-46-33)42-21-23-43(47-32-42)22-17-38-27-36(15-13-34-18-24-44(48-29-34)39-8-4-2-5-9-39)26-37(28-38)16-14-35-19-25-45(49-30-35)40-10-6-3-7-11-40/h2-32H,1H3/b15-13-,16-14?,22-17?. The molecule has 234 valence electrons. The van der Waals surface area contributed by atoms with Crippen LogP contribution >= 0.6 is 0 Å². The fourth-order valence-corrected chi connectivity index (χ4v) is 5.44. The zero-order valence-corrected chi connectivity index (χ0v) is 27.2. The van der Waals surface area contributed by atoms with Gasteiger partial charge in [0.1, 0.15) is 0 Å². The smallest absolute Gasteiger partial charge is 0.0702 e. The van der Waals surface area contributed by atoms with E-state index in [1.54, 1.807) is 0 Å². The summed E-state index contributed by atoms with van der Waals surface area (Å²) >= 11 is 0. The van der Waals surface area contributed by atoms with Crippen molar-refractivity contribution in [3.8, 4) is 33.6 Å². The molecule has 0 saturated heterocycles. The summed E-state index contributed by atoms with van der Waals surface area (Å²) in [5.41, 5.74) is 13.4. The number of pyridine rings is 4. The number of rotatable bonds is 9. The first-order chi connectivity index (χ1) is 24.1. The minimum Gasteiger partial charge on any atom is -0.261 e. The number of aromatic nitrogens is 4. The minimum absolute atomic E-state index is 0.885. The molecule has 0 spiro atoms. The van der Waals surface area contributed by atoms with Gasteiger partial charge >= 0.3 is 0 Å². The van der Waals surface area contributed by atoms with Gasteiger partial charge in [-0.05, 0) is 83.3 Å². The zero-order valence-electron chi connectivity index (χ0n) is 27.2. The van der Waals surface area contributed by atoms with Gasteiger partial charge < -0.3 is 0 Å². The van der Waals surface area contributed by atoms with E-state index in [4.69, 9.17) is 4.98 Å². The van der Waals surface area contributed by atoms with Crippen molar-refractivity contribution in [2.45, 2.75) is 6.92 Å². The van der Waals surface area contributed by atoms with Gasteiger partial charge in [-0.2, -0.15) is 0 Å². The largest absolute Gasteiger partial charge is 0.261 e. The summed E-state index contributed by atoms with van der Waals surface area (Å²) in [5, 5.41) is 0. The van der Waals surface area contributed by atoms with E-state index in [2.05, 4.69) is 124 Å². The third-order valence-electron chi connectivity index (χ3n) is 8.13. The summed E-state index contributed by atoms with van der Waals surface area (Å²) in [6.07, 6.45) is 20.2. The second kappa shape index (κ2) is 14.9. The van der Waals surface area contributed by atoms with Crippen molar-refractivity contribution < 1.29 is 0 Å². The maximum atomic E-state index is 4.69. The summed E-state index contributed by atoms with van der Waals surface area (Å²) in [6, 6.07) is 43.5. The van der Waals surface area contributed by atoms with Crippen LogP contribution in [0.1, 0.15) is 39.2 Å². The molecule has 7 rings (SSSR count). The van der Waals surface area contributed by atoms with Gasteiger partial charge in [-0.3, -0.25) is 19.9 Å². The number of nitrogens with zero attached hydrogens (tertiary/aromatic N) is 4. The third kappa shape index (κ3) is 8.26. The van der Waals surface area contributed by atoms with Crippen LogP contribution in [0.2, 0.25) is 0 Å². The van der Waals surface area contributed by atoms with Gasteiger partial charge in [0.15, 0.2) is 0 Å². The highest BCUT2D eigenvalue weighted by atomic mass is 14.7. The second-order valence-electron chi connectivity index (χ2n) is 11.8. The summed E-state index contributed by atoms with van der Waals surface area (Å²) in [4.78, 5) is 18.5. The van der Waals surface area contributed by atoms with Crippen LogP contribution in [0.25, 0.3) is 70.1 Å². The molecule has 4 heteroatoms. The Kier molecular flexibility index (Phi) is 9.47. The predicted octanol–water partition coefficient (Wildman–Crippen LogP) is 11.1. The Morgan fingerprint density at radius 2 is 0.816 bits per heavy atom. The van der Waals surface area contributed by atoms with Crippen molar-refractivity contribution in [3.63, 3.8) is 0 Å². The maximum Gasteiger partial charge on any atom is 0.0702 e. The molecule has 0 N–H and O–H groups in total. The normalized spacial score (nSPS) is 11.5. The highest BCUT2D eigenvalue weighted by Gasteiger charge is 2.02. The van der Waals surface area contributed by atoms with Crippen LogP contribution in [0.4, 0.5) is 0 Å². The number of benzene rings is 3. The van der Waals surface area contributed by atoms with Gasteiger partial charge in [0.25, 0.3) is 0 Å². The molecule has 0 bridgehead atoms. The van der Waals surface area contributed by atoms with Gasteiger partial charge in [-0.1, -0.05) is 115 Å². The van der Waals surface area contributed by atoms with E-state index in [1.165, 1.54) is 0 Å². The topological polar surface area (TPSA) is 51.6 Å². The fraction of sp³-hybridized carbons (Fsp3) is 0.0222. The maximum absolute atomic E-state index is 4.69. The van der Waals surface area contributed by atoms with E-state index in [0.29, 0.717) is 0 Å². The van der Waals surface area contributed by atoms with Gasteiger partial charge in [-0.15, -0.1) is 0 Å². The van der Waals surface area contributed by atoms with Gasteiger partial charge in [0.2, 0.25) is 0 Å². The molecular formula is C45H34N4. The molecule has 0 atom stereocenters. The summed E-state index contributed by atoms with van der Waals surface area (Å²) in [7, 11) is 0. The molecule has 0 aliphatic heterocycles. The molecule has 4 heterocycles. The van der Waals surface area contributed by atoms with Crippen LogP contribution in [0.3, 0.4) is 0 Å². The van der Waals surface area contributed by atoms with Crippen LogP contribution in [-0.4, -0.2) is 19.9 Å². The highest BCUT2D eigenvalue weighted by molar-refractivity contribution is 5.79. The van der Waals surface area contributed by atoms with Crippen LogP contribution in [0.15, 0.2) is 152 Å². The van der Waals surface area contributed by atoms with Crippen LogP contribution in [0.5, 0.6) is 0 Å². The first-order valence-electron chi connectivity index (χ1n) is 16.3. The monoisotopic (exact) mass is 630 g/mol. The first kappa shape index (κ1) is 31.1. The van der Waals surface area contributed by atoms with E-state index in [0.717, 1.165) is 72.8 Å². The lowest BCUT2D eigenvalue weighted by atomic mass is 10.0. The molecule has 0 fully saturated rings. The molecule has 7 aromatic rings. The summed E-state index contributed by atoms with van der Waals surface area (Å²) in [6.45, 7) is 1.99. The second-order valence-corrected chi connectivity index (χ2v) is 11.8. The van der Waals surface area contributed by atoms with Gasteiger partial charge in [0.05, 0.1) is 17.1 Å². The van der Waals surface area contributed by atoms with Crippen LogP contribution < -0.4 is 0 Å². The molecule has 3 aromatic carbocycles. The zero-order chi connectivity index (χ0) is 33.3. The van der Waals surface area contributed by atoms with E-state index in [1.807, 2.05) is 86.3 Å². The lowest BCUT2D eigenvalue weighted by Gasteiger charge is -2.04. The number of hydrogen-bond acceptors (Lipinski definition) is 4. The van der Waals surface area contributed by atoms with Crippen molar-refractivity contribution in [1.82, 2.24) is 19.9 Å². The average molecular weight is 631 g/mol. The van der Waals surface area contributed by atoms with Gasteiger partial charge in [0, 0.05) is 52.7 Å². The Hall–Kier alpha value is -6.52. The van der Waals surface area contributed by atoms with E-state index < -0.39 is 0 Å². The predicted molar refractivity (Wildman–Crippen MR) is 205 cm³/mol. The summed E-state index contributed by atoms with van der Waals surface area (Å²) in [5.74, 6) is 0. The Labute approximate surface area is 287 Å². The SMILES string of the molecule is Cc1ccc(-c2ccc(C=Cc3cc(C=Cc4ccc(-c5ccccc5)nc4)cc(/C=C\c4ccc(-c5ccccc5)nc4)c3)nc2)cn1. The average Bonchev–Trinajstić information content (AvgIpc) is 3.17. The Balaban J connectivity index is 1.14. The molecule has 0 amide bonds. The van der Waals surface area contributed by atoms with Crippen LogP contribution in [0, 0.1) is 6.92 Å². The van der Waals surface area contributed by atoms with Crippen molar-refractivity contribution in [2.75, 3.05) is 0 Å². The minimum atomic E-state index is 0.885. The highest BCUT2D eigenvalue weighted by Crippen LogP contribution is 2.22. The quantitative estimate of drug-likeness (QED) is 0.159. The Bertz CT molecular complexity index is 2110. The van der Waals surface area contributed by atoms with Crippen molar-refractivity contribution in [3.05, 3.63) is 191 Å².